The molecule has 2 N–H and O–H groups in total. The Morgan fingerprint density at radius 3 is 2.37 bits per heavy atom. The van der Waals surface area contributed by atoms with Crippen LogP contribution < -0.4 is 10.6 Å². The van der Waals surface area contributed by atoms with Gasteiger partial charge in [0.25, 0.3) is 0 Å². The van der Waals surface area contributed by atoms with Gasteiger partial charge < -0.3 is 10.6 Å². The second-order valence-electron chi connectivity index (χ2n) is 5.91. The fourth-order valence-corrected chi connectivity index (χ4v) is 4.98. The topological polar surface area (TPSA) is 84.0 Å². The molecule has 2 aromatic rings. The van der Waals surface area contributed by atoms with Gasteiger partial charge in [0.15, 0.2) is 8.68 Å². The van der Waals surface area contributed by atoms with Crippen LogP contribution in [0.15, 0.2) is 32.9 Å². The SMILES string of the molecule is CCCNC(=O)CSc1nnc(SCC(=O)N[C@H](C)c2ccccc2C)s1. The van der Waals surface area contributed by atoms with Crippen LogP contribution >= 0.6 is 34.9 Å². The molecule has 1 heterocycles. The van der Waals surface area contributed by atoms with E-state index in [4.69, 9.17) is 0 Å². The highest BCUT2D eigenvalue weighted by Gasteiger charge is 2.13. The number of nitrogens with one attached hydrogen (secondary N) is 2. The molecule has 0 aliphatic rings. The van der Waals surface area contributed by atoms with E-state index < -0.39 is 0 Å². The number of carbonyl (C=O) groups is 2. The van der Waals surface area contributed by atoms with Crippen molar-refractivity contribution in [2.75, 3.05) is 18.1 Å². The molecule has 1 aromatic carbocycles. The molecule has 27 heavy (non-hydrogen) atoms. The summed E-state index contributed by atoms with van der Waals surface area (Å²) in [6.45, 7) is 6.72. The minimum atomic E-state index is -0.0425. The molecule has 0 saturated heterocycles. The predicted molar refractivity (Wildman–Crippen MR) is 112 cm³/mol. The number of hydrogen-bond donors (Lipinski definition) is 2. The van der Waals surface area contributed by atoms with Gasteiger partial charge in [0, 0.05) is 6.54 Å². The van der Waals surface area contributed by atoms with Crippen LogP contribution in [0.25, 0.3) is 0 Å². The second-order valence-corrected chi connectivity index (χ2v) is 9.33. The highest BCUT2D eigenvalue weighted by molar-refractivity contribution is 8.03. The third-order valence-corrected chi connectivity index (χ3v) is 6.84. The van der Waals surface area contributed by atoms with Crippen molar-refractivity contribution in [3.05, 3.63) is 35.4 Å². The summed E-state index contributed by atoms with van der Waals surface area (Å²) in [4.78, 5) is 23.8. The first-order valence-electron chi connectivity index (χ1n) is 8.70. The summed E-state index contributed by atoms with van der Waals surface area (Å²) >= 11 is 4.12. The van der Waals surface area contributed by atoms with Crippen molar-refractivity contribution in [1.82, 2.24) is 20.8 Å². The van der Waals surface area contributed by atoms with Gasteiger partial charge in [-0.3, -0.25) is 9.59 Å². The molecular formula is C18H24N4O2S3. The van der Waals surface area contributed by atoms with Crippen molar-refractivity contribution in [3.63, 3.8) is 0 Å². The third kappa shape index (κ3) is 7.51. The molecular weight excluding hydrogens is 400 g/mol. The van der Waals surface area contributed by atoms with Crippen LogP contribution in [0.4, 0.5) is 0 Å². The molecule has 0 aliphatic carbocycles. The third-order valence-electron chi connectivity index (χ3n) is 3.65. The van der Waals surface area contributed by atoms with Crippen molar-refractivity contribution >= 4 is 46.7 Å². The molecule has 0 spiro atoms. The summed E-state index contributed by atoms with van der Waals surface area (Å²) in [6.07, 6.45) is 0.917. The van der Waals surface area contributed by atoms with Crippen LogP contribution in [-0.4, -0.2) is 40.1 Å². The Bertz CT molecular complexity index is 767. The van der Waals surface area contributed by atoms with E-state index in [1.165, 1.54) is 34.9 Å². The minimum absolute atomic E-state index is 0.00387. The number of amides is 2. The zero-order valence-electron chi connectivity index (χ0n) is 15.7. The van der Waals surface area contributed by atoms with Crippen LogP contribution in [-0.2, 0) is 9.59 Å². The van der Waals surface area contributed by atoms with E-state index in [9.17, 15) is 9.59 Å². The second kappa shape index (κ2) is 11.3. The van der Waals surface area contributed by atoms with Crippen LogP contribution in [0.3, 0.4) is 0 Å². The molecule has 0 aliphatic heterocycles. The van der Waals surface area contributed by atoms with Crippen molar-refractivity contribution in [2.45, 2.75) is 41.9 Å². The molecule has 9 heteroatoms. The largest absolute Gasteiger partial charge is 0.355 e. The smallest absolute Gasteiger partial charge is 0.230 e. The summed E-state index contributed by atoms with van der Waals surface area (Å²) in [5, 5.41) is 14.0. The fraction of sp³-hybridized carbons (Fsp3) is 0.444. The fourth-order valence-electron chi connectivity index (χ4n) is 2.32. The molecule has 0 radical (unpaired) electrons. The Labute approximate surface area is 172 Å². The molecule has 0 saturated carbocycles. The Hall–Kier alpha value is -1.58. The summed E-state index contributed by atoms with van der Waals surface area (Å²) in [6, 6.07) is 7.99. The highest BCUT2D eigenvalue weighted by Crippen LogP contribution is 2.28. The predicted octanol–water partition coefficient (Wildman–Crippen LogP) is 3.43. The molecule has 2 rings (SSSR count). The number of hydrogen-bond acceptors (Lipinski definition) is 7. The van der Waals surface area contributed by atoms with Crippen molar-refractivity contribution in [3.8, 4) is 0 Å². The molecule has 1 aromatic heterocycles. The standard InChI is InChI=1S/C18H24N4O2S3/c1-4-9-19-15(23)10-25-17-21-22-18(27-17)26-11-16(24)20-13(3)14-8-6-5-7-12(14)2/h5-8,13H,4,9-11H2,1-3H3,(H,19,23)(H,20,24)/t13-/m1/s1. The van der Waals surface area contributed by atoms with Crippen LogP contribution in [0, 0.1) is 6.92 Å². The first kappa shape index (κ1) is 21.7. The van der Waals surface area contributed by atoms with E-state index in [2.05, 4.69) is 20.8 Å². The van der Waals surface area contributed by atoms with Gasteiger partial charge in [0.05, 0.1) is 17.5 Å². The van der Waals surface area contributed by atoms with Crippen molar-refractivity contribution in [1.29, 1.82) is 0 Å². The lowest BCUT2D eigenvalue weighted by molar-refractivity contribution is -0.119. The molecule has 2 amide bonds. The van der Waals surface area contributed by atoms with Gasteiger partial charge in [0.2, 0.25) is 11.8 Å². The molecule has 6 nitrogen and oxygen atoms in total. The van der Waals surface area contributed by atoms with Crippen LogP contribution in [0.1, 0.15) is 37.4 Å². The molecule has 0 unspecified atom stereocenters. The van der Waals surface area contributed by atoms with E-state index >= 15 is 0 Å². The first-order chi connectivity index (χ1) is 13.0. The number of carbonyl (C=O) groups excluding carboxylic acids is 2. The average Bonchev–Trinajstić information content (AvgIpc) is 3.11. The summed E-state index contributed by atoms with van der Waals surface area (Å²) in [5.74, 6) is 0.565. The lowest BCUT2D eigenvalue weighted by Crippen LogP contribution is -2.28. The maximum absolute atomic E-state index is 12.2. The average molecular weight is 425 g/mol. The van der Waals surface area contributed by atoms with E-state index in [0.29, 0.717) is 12.3 Å². The monoisotopic (exact) mass is 424 g/mol. The number of benzene rings is 1. The minimum Gasteiger partial charge on any atom is -0.355 e. The zero-order valence-corrected chi connectivity index (χ0v) is 18.1. The van der Waals surface area contributed by atoms with E-state index in [1.54, 1.807) is 0 Å². The molecule has 0 bridgehead atoms. The summed E-state index contributed by atoms with van der Waals surface area (Å²) in [7, 11) is 0. The Kier molecular flexibility index (Phi) is 9.09. The maximum atomic E-state index is 12.2. The van der Waals surface area contributed by atoms with Crippen LogP contribution in [0.2, 0.25) is 0 Å². The van der Waals surface area contributed by atoms with Gasteiger partial charge in [0.1, 0.15) is 0 Å². The molecule has 1 atom stereocenters. The molecule has 0 fully saturated rings. The van der Waals surface area contributed by atoms with Gasteiger partial charge >= 0.3 is 0 Å². The van der Waals surface area contributed by atoms with E-state index in [0.717, 1.165) is 26.2 Å². The Morgan fingerprint density at radius 2 is 1.74 bits per heavy atom. The quantitative estimate of drug-likeness (QED) is 0.569. The summed E-state index contributed by atoms with van der Waals surface area (Å²) < 4.78 is 1.46. The van der Waals surface area contributed by atoms with Gasteiger partial charge in [-0.1, -0.05) is 66.0 Å². The lowest BCUT2D eigenvalue weighted by atomic mass is 10.0. The lowest BCUT2D eigenvalue weighted by Gasteiger charge is -2.16. The molecule has 146 valence electrons. The van der Waals surface area contributed by atoms with Gasteiger partial charge in [-0.15, -0.1) is 10.2 Å². The van der Waals surface area contributed by atoms with Gasteiger partial charge in [-0.2, -0.15) is 0 Å². The van der Waals surface area contributed by atoms with Crippen molar-refractivity contribution in [2.24, 2.45) is 0 Å². The van der Waals surface area contributed by atoms with E-state index in [1.807, 2.05) is 45.0 Å². The normalized spacial score (nSPS) is 11.8. The maximum Gasteiger partial charge on any atom is 0.230 e. The number of nitrogens with zero attached hydrogens (tertiary/aromatic N) is 2. The first-order valence-corrected chi connectivity index (χ1v) is 11.5. The van der Waals surface area contributed by atoms with E-state index in [-0.39, 0.29) is 23.6 Å². The number of aromatic nitrogens is 2. The Balaban J connectivity index is 1.75. The van der Waals surface area contributed by atoms with Gasteiger partial charge in [-0.25, -0.2) is 0 Å². The summed E-state index contributed by atoms with van der Waals surface area (Å²) in [5.41, 5.74) is 2.28. The zero-order chi connectivity index (χ0) is 19.6. The van der Waals surface area contributed by atoms with Crippen molar-refractivity contribution < 1.29 is 9.59 Å². The Morgan fingerprint density at radius 1 is 1.11 bits per heavy atom. The highest BCUT2D eigenvalue weighted by atomic mass is 32.2. The number of aryl methyl sites for hydroxylation is 1. The number of rotatable bonds is 10. The number of thioether (sulfide) groups is 2. The van der Waals surface area contributed by atoms with Crippen LogP contribution in [0.5, 0.6) is 0 Å². The van der Waals surface area contributed by atoms with Gasteiger partial charge in [-0.05, 0) is 31.4 Å².